The number of hydrogen-bond acceptors (Lipinski definition) is 6. The van der Waals surface area contributed by atoms with Crippen LogP contribution in [0.3, 0.4) is 0 Å². The highest BCUT2D eigenvalue weighted by Crippen LogP contribution is 2.31. The molecule has 1 aliphatic heterocycles. The number of hydrogen-bond donors (Lipinski definition) is 2. The molecule has 0 saturated carbocycles. The first-order chi connectivity index (χ1) is 16.0. The number of aliphatic hydroxyl groups is 2. The lowest BCUT2D eigenvalue weighted by Gasteiger charge is -2.25. The van der Waals surface area contributed by atoms with Gasteiger partial charge in [-0.05, 0) is 61.9 Å². The second kappa shape index (κ2) is 12.9. The molecule has 0 aliphatic carbocycles. The van der Waals surface area contributed by atoms with Crippen molar-refractivity contribution < 1.29 is 24.5 Å². The van der Waals surface area contributed by atoms with E-state index in [1.807, 2.05) is 35.2 Å². The number of esters is 1. The molecule has 0 bridgehead atoms. The predicted molar refractivity (Wildman–Crippen MR) is 131 cm³/mol. The summed E-state index contributed by atoms with van der Waals surface area (Å²) < 4.78 is 4.96. The lowest BCUT2D eigenvalue weighted by atomic mass is 10.0. The fourth-order valence-electron chi connectivity index (χ4n) is 4.33. The minimum absolute atomic E-state index is 0.0103. The smallest absolute Gasteiger partial charge is 0.348 e. The number of anilines is 1. The summed E-state index contributed by atoms with van der Waals surface area (Å²) in [6.45, 7) is 1.98. The van der Waals surface area contributed by atoms with E-state index in [1.54, 1.807) is 6.07 Å². The van der Waals surface area contributed by atoms with Gasteiger partial charge in [-0.2, -0.15) is 0 Å². The van der Waals surface area contributed by atoms with Crippen molar-refractivity contribution in [1.29, 1.82) is 0 Å². The Bertz CT molecular complexity index is 894. The zero-order valence-electron chi connectivity index (χ0n) is 19.4. The van der Waals surface area contributed by atoms with Crippen LogP contribution in [0.2, 0.25) is 0 Å². The summed E-state index contributed by atoms with van der Waals surface area (Å²) in [5.74, 6) is -0.243. The Hall–Kier alpha value is -2.22. The van der Waals surface area contributed by atoms with Gasteiger partial charge in [-0.1, -0.05) is 38.3 Å². The number of rotatable bonds is 13. The lowest BCUT2D eigenvalue weighted by molar-refractivity contribution is -0.117. The Balaban J connectivity index is 1.53. The zero-order valence-corrected chi connectivity index (χ0v) is 20.2. The van der Waals surface area contributed by atoms with E-state index in [2.05, 4.69) is 6.92 Å². The molecule has 33 heavy (non-hydrogen) atoms. The number of amides is 1. The van der Waals surface area contributed by atoms with Gasteiger partial charge < -0.3 is 19.8 Å². The Morgan fingerprint density at radius 2 is 1.97 bits per heavy atom. The van der Waals surface area contributed by atoms with Gasteiger partial charge in [0.25, 0.3) is 0 Å². The molecular weight excluding hydrogens is 438 g/mol. The van der Waals surface area contributed by atoms with Crippen molar-refractivity contribution in [3.63, 3.8) is 0 Å². The highest BCUT2D eigenvalue weighted by atomic mass is 32.1. The molecule has 2 N–H and O–H groups in total. The van der Waals surface area contributed by atoms with Crippen LogP contribution in [-0.2, 0) is 16.0 Å². The summed E-state index contributed by atoms with van der Waals surface area (Å²) in [5.41, 5.74) is 1.81. The second-order valence-electron chi connectivity index (χ2n) is 8.58. The first-order valence-corrected chi connectivity index (χ1v) is 12.8. The average Bonchev–Trinajstić information content (AvgIpc) is 3.44. The summed E-state index contributed by atoms with van der Waals surface area (Å²) >= 11 is 1.42. The molecular formula is C26H35NO5S. The summed E-state index contributed by atoms with van der Waals surface area (Å²) in [7, 11) is 0. The molecule has 1 aromatic carbocycles. The first kappa shape index (κ1) is 25.4. The number of carbonyl (C=O) groups excluding carboxylic acids is 2. The Kier molecular flexibility index (Phi) is 9.91. The number of thiophene rings is 1. The van der Waals surface area contributed by atoms with Gasteiger partial charge in [-0.25, -0.2) is 4.79 Å². The second-order valence-corrected chi connectivity index (χ2v) is 9.75. The van der Waals surface area contributed by atoms with Crippen molar-refractivity contribution in [3.05, 3.63) is 51.7 Å². The first-order valence-electron chi connectivity index (χ1n) is 12.0. The monoisotopic (exact) mass is 473 g/mol. The third kappa shape index (κ3) is 7.13. The molecule has 2 heterocycles. The quantitative estimate of drug-likeness (QED) is 0.315. The molecule has 180 valence electrons. The number of unbranched alkanes of at least 4 members (excludes halogenated alkanes) is 2. The fourth-order valence-corrected chi connectivity index (χ4v) is 5.27. The van der Waals surface area contributed by atoms with Gasteiger partial charge in [0, 0.05) is 23.0 Å². The van der Waals surface area contributed by atoms with Crippen molar-refractivity contribution in [2.45, 2.75) is 76.9 Å². The van der Waals surface area contributed by atoms with E-state index >= 15 is 0 Å². The topological polar surface area (TPSA) is 87.1 Å². The minimum Gasteiger partial charge on any atom is -0.459 e. The molecule has 6 nitrogen and oxygen atoms in total. The summed E-state index contributed by atoms with van der Waals surface area (Å²) in [6, 6.07) is 11.7. The van der Waals surface area contributed by atoms with E-state index in [-0.39, 0.29) is 25.2 Å². The van der Waals surface area contributed by atoms with Crippen molar-refractivity contribution in [2.24, 2.45) is 0 Å². The van der Waals surface area contributed by atoms with Crippen LogP contribution in [0.15, 0.2) is 36.4 Å². The van der Waals surface area contributed by atoms with Crippen LogP contribution in [0.25, 0.3) is 0 Å². The van der Waals surface area contributed by atoms with Gasteiger partial charge >= 0.3 is 5.97 Å². The molecule has 2 atom stereocenters. The average molecular weight is 474 g/mol. The molecule has 1 aliphatic rings. The number of ether oxygens (including phenoxy) is 1. The van der Waals surface area contributed by atoms with E-state index in [9.17, 15) is 14.7 Å². The van der Waals surface area contributed by atoms with Gasteiger partial charge in [0.2, 0.25) is 5.91 Å². The normalized spacial score (nSPS) is 16.9. The third-order valence-corrected chi connectivity index (χ3v) is 7.24. The van der Waals surface area contributed by atoms with Crippen molar-refractivity contribution in [3.8, 4) is 0 Å². The van der Waals surface area contributed by atoms with Crippen LogP contribution < -0.4 is 4.90 Å². The van der Waals surface area contributed by atoms with Gasteiger partial charge in [-0.15, -0.1) is 11.3 Å². The van der Waals surface area contributed by atoms with Crippen LogP contribution in [0.4, 0.5) is 5.69 Å². The molecule has 1 saturated heterocycles. The Morgan fingerprint density at radius 3 is 2.70 bits per heavy atom. The van der Waals surface area contributed by atoms with Crippen molar-refractivity contribution in [1.82, 2.24) is 0 Å². The van der Waals surface area contributed by atoms with E-state index < -0.39 is 12.1 Å². The SMILES string of the molecule is CCCCC[C@@H](O)c1ccc(N2C(=O)CC[C@H]2CCCc2ccc(C(=O)OCCO)s2)cc1. The largest absolute Gasteiger partial charge is 0.459 e. The molecule has 3 rings (SSSR count). The molecule has 1 fully saturated rings. The van der Waals surface area contributed by atoms with E-state index in [0.717, 1.165) is 67.5 Å². The molecule has 0 radical (unpaired) electrons. The van der Waals surface area contributed by atoms with Crippen molar-refractivity contribution >= 4 is 28.9 Å². The molecule has 7 heteroatoms. The third-order valence-electron chi connectivity index (χ3n) is 6.11. The van der Waals surface area contributed by atoms with Crippen LogP contribution in [0.1, 0.15) is 84.5 Å². The highest BCUT2D eigenvalue weighted by molar-refractivity contribution is 7.13. The van der Waals surface area contributed by atoms with Gasteiger partial charge in [0.15, 0.2) is 0 Å². The maximum atomic E-state index is 12.6. The highest BCUT2D eigenvalue weighted by Gasteiger charge is 2.31. The number of benzene rings is 1. The van der Waals surface area contributed by atoms with E-state index in [4.69, 9.17) is 9.84 Å². The number of aryl methyl sites for hydroxylation is 1. The van der Waals surface area contributed by atoms with E-state index in [0.29, 0.717) is 11.3 Å². The van der Waals surface area contributed by atoms with E-state index in [1.165, 1.54) is 11.3 Å². The Morgan fingerprint density at radius 1 is 1.18 bits per heavy atom. The molecule has 0 unspecified atom stereocenters. The van der Waals surface area contributed by atoms with Crippen molar-refractivity contribution in [2.75, 3.05) is 18.1 Å². The molecule has 0 spiro atoms. The van der Waals surface area contributed by atoms with Crippen LogP contribution in [0.5, 0.6) is 0 Å². The molecule has 1 aromatic heterocycles. The summed E-state index contributed by atoms with van der Waals surface area (Å²) in [5, 5.41) is 19.2. The van der Waals surface area contributed by atoms with Crippen LogP contribution >= 0.6 is 11.3 Å². The maximum absolute atomic E-state index is 12.6. The zero-order chi connectivity index (χ0) is 23.6. The van der Waals surface area contributed by atoms with Crippen LogP contribution in [0, 0.1) is 0 Å². The van der Waals surface area contributed by atoms with Gasteiger partial charge in [-0.3, -0.25) is 4.79 Å². The van der Waals surface area contributed by atoms with Gasteiger partial charge in [0.1, 0.15) is 11.5 Å². The van der Waals surface area contributed by atoms with Gasteiger partial charge in [0.05, 0.1) is 12.7 Å². The predicted octanol–water partition coefficient (Wildman–Crippen LogP) is 5.03. The fraction of sp³-hybridized carbons (Fsp3) is 0.538. The Labute approximate surface area is 200 Å². The lowest BCUT2D eigenvalue weighted by Crippen LogP contribution is -2.32. The maximum Gasteiger partial charge on any atom is 0.348 e. The molecule has 1 amide bonds. The summed E-state index contributed by atoms with van der Waals surface area (Å²) in [4.78, 5) is 28.0. The summed E-state index contributed by atoms with van der Waals surface area (Å²) in [6.07, 6.45) is 7.67. The molecule has 2 aromatic rings. The number of nitrogens with zero attached hydrogens (tertiary/aromatic N) is 1. The van der Waals surface area contributed by atoms with Crippen LogP contribution in [-0.4, -0.2) is 41.3 Å². The number of carbonyl (C=O) groups is 2. The standard InChI is InChI=1S/C26H35NO5S/c1-2-3-4-8-23(29)19-9-11-21(12-10-19)27-20(13-16-25(27)30)6-5-7-22-14-15-24(33-22)26(31)32-18-17-28/h9-12,14-15,20,23,28-29H,2-8,13,16-18H2,1H3/t20-,23-/m1/s1. The number of aliphatic hydroxyl groups excluding tert-OH is 2. The minimum atomic E-state index is -0.452.